The molecule has 3 aromatic rings. The molecule has 33 heavy (non-hydrogen) atoms. The molecule has 0 aliphatic carbocycles. The number of nitrogens with one attached hydrogen (secondary N) is 2. The first-order valence-electron chi connectivity index (χ1n) is 9.71. The second-order valence-corrected chi connectivity index (χ2v) is 8.59. The number of carbonyl (C=O) groups is 2. The Hall–Kier alpha value is -2.76. The van der Waals surface area contributed by atoms with Gasteiger partial charge in [-0.3, -0.25) is 9.59 Å². The molecule has 0 aliphatic rings. The molecule has 0 aliphatic heterocycles. The molecule has 0 radical (unpaired) electrons. The van der Waals surface area contributed by atoms with Crippen LogP contribution in [-0.2, 0) is 9.59 Å². The van der Waals surface area contributed by atoms with Crippen LogP contribution >= 0.6 is 46.4 Å². The van der Waals surface area contributed by atoms with E-state index < -0.39 is 11.8 Å². The summed E-state index contributed by atoms with van der Waals surface area (Å²) in [6, 6.07) is 15.4. The summed E-state index contributed by atoms with van der Waals surface area (Å²) in [6.07, 6.45) is 5.70. The molecule has 3 aromatic carbocycles. The standard InChI is InChI=1S/C25H18Cl4N2O2/c1-15-8-11-22(30-24(32)12-9-16-18(26)4-2-5-19(16)27)23(14-15)31-25(33)13-10-17-20(28)6-3-7-21(17)29/h2-14H,1H3,(H,30,32)(H,31,33)/b12-9+,13-10+. The van der Waals surface area contributed by atoms with Crippen molar-refractivity contribution in [2.24, 2.45) is 0 Å². The van der Waals surface area contributed by atoms with Gasteiger partial charge in [-0.15, -0.1) is 0 Å². The largest absolute Gasteiger partial charge is 0.321 e. The second kappa shape index (κ2) is 11.4. The minimum atomic E-state index is -0.413. The van der Waals surface area contributed by atoms with E-state index in [1.54, 1.807) is 48.5 Å². The Kier molecular flexibility index (Phi) is 8.59. The van der Waals surface area contributed by atoms with Crippen LogP contribution in [0.5, 0.6) is 0 Å². The first-order valence-corrected chi connectivity index (χ1v) is 11.2. The van der Waals surface area contributed by atoms with E-state index in [-0.39, 0.29) is 0 Å². The van der Waals surface area contributed by atoms with Crippen molar-refractivity contribution in [1.29, 1.82) is 0 Å². The highest BCUT2D eigenvalue weighted by molar-refractivity contribution is 6.38. The van der Waals surface area contributed by atoms with Crippen LogP contribution in [0.1, 0.15) is 16.7 Å². The zero-order valence-corrected chi connectivity index (χ0v) is 20.4. The van der Waals surface area contributed by atoms with Gasteiger partial charge in [-0.2, -0.15) is 0 Å². The van der Waals surface area contributed by atoms with Crippen molar-refractivity contribution in [2.75, 3.05) is 10.6 Å². The van der Waals surface area contributed by atoms with Crippen LogP contribution < -0.4 is 10.6 Å². The fourth-order valence-corrected chi connectivity index (χ4v) is 3.92. The Labute approximate surface area is 211 Å². The van der Waals surface area contributed by atoms with Gasteiger partial charge in [0.2, 0.25) is 11.8 Å². The van der Waals surface area contributed by atoms with Crippen LogP contribution in [0.2, 0.25) is 20.1 Å². The molecule has 3 rings (SSSR count). The minimum absolute atomic E-state index is 0.412. The molecule has 2 N–H and O–H groups in total. The van der Waals surface area contributed by atoms with Gasteiger partial charge in [-0.25, -0.2) is 0 Å². The Morgan fingerprint density at radius 2 is 1.09 bits per heavy atom. The van der Waals surface area contributed by atoms with Gasteiger partial charge in [0.05, 0.1) is 11.4 Å². The number of halogens is 4. The first-order chi connectivity index (χ1) is 15.7. The quantitative estimate of drug-likeness (QED) is 0.325. The molecular formula is C25H18Cl4N2O2. The van der Waals surface area contributed by atoms with Gasteiger partial charge in [-0.1, -0.05) is 64.6 Å². The first kappa shape index (κ1) is 24.9. The van der Waals surface area contributed by atoms with Gasteiger partial charge in [0.15, 0.2) is 0 Å². The van der Waals surface area contributed by atoms with Crippen molar-refractivity contribution in [3.05, 3.63) is 104 Å². The van der Waals surface area contributed by atoms with Crippen molar-refractivity contribution >= 4 is 81.7 Å². The summed E-state index contributed by atoms with van der Waals surface area (Å²) in [4.78, 5) is 25.0. The van der Waals surface area contributed by atoms with E-state index in [0.29, 0.717) is 42.6 Å². The third-order valence-electron chi connectivity index (χ3n) is 4.49. The second-order valence-electron chi connectivity index (χ2n) is 6.96. The molecule has 0 aromatic heterocycles. The molecule has 0 saturated carbocycles. The van der Waals surface area contributed by atoms with Crippen molar-refractivity contribution < 1.29 is 9.59 Å². The normalized spacial score (nSPS) is 11.2. The molecule has 0 fully saturated rings. The number of hydrogen-bond donors (Lipinski definition) is 2. The van der Waals surface area contributed by atoms with Crippen molar-refractivity contribution in [1.82, 2.24) is 0 Å². The molecular weight excluding hydrogens is 502 g/mol. The lowest BCUT2D eigenvalue weighted by Gasteiger charge is -2.11. The predicted octanol–water partition coefficient (Wildman–Crippen LogP) is 7.91. The summed E-state index contributed by atoms with van der Waals surface area (Å²) in [5, 5.41) is 7.24. The molecule has 0 unspecified atom stereocenters. The number of amides is 2. The number of rotatable bonds is 6. The lowest BCUT2D eigenvalue weighted by Crippen LogP contribution is -2.14. The zero-order chi connectivity index (χ0) is 24.0. The van der Waals surface area contributed by atoms with Crippen LogP contribution in [0.3, 0.4) is 0 Å². The maximum absolute atomic E-state index is 12.5. The lowest BCUT2D eigenvalue weighted by atomic mass is 10.1. The Balaban J connectivity index is 1.75. The van der Waals surface area contributed by atoms with E-state index in [4.69, 9.17) is 46.4 Å². The highest BCUT2D eigenvalue weighted by Gasteiger charge is 2.09. The van der Waals surface area contributed by atoms with Crippen LogP contribution in [0.25, 0.3) is 12.2 Å². The Morgan fingerprint density at radius 3 is 1.55 bits per heavy atom. The van der Waals surface area contributed by atoms with Crippen LogP contribution in [0.15, 0.2) is 66.7 Å². The van der Waals surface area contributed by atoms with Gasteiger partial charge in [0.1, 0.15) is 0 Å². The molecule has 4 nitrogen and oxygen atoms in total. The lowest BCUT2D eigenvalue weighted by molar-refractivity contribution is -0.112. The summed E-state index contributed by atoms with van der Waals surface area (Å²) < 4.78 is 0. The molecule has 8 heteroatoms. The van der Waals surface area contributed by atoms with Gasteiger partial charge < -0.3 is 10.6 Å². The van der Waals surface area contributed by atoms with Gasteiger partial charge in [-0.05, 0) is 61.0 Å². The summed E-state index contributed by atoms with van der Waals surface area (Å²) >= 11 is 24.5. The summed E-state index contributed by atoms with van der Waals surface area (Å²) in [7, 11) is 0. The van der Waals surface area contributed by atoms with Crippen molar-refractivity contribution in [3.63, 3.8) is 0 Å². The Bertz CT molecular complexity index is 1230. The Morgan fingerprint density at radius 1 is 0.667 bits per heavy atom. The van der Waals surface area contributed by atoms with Gasteiger partial charge >= 0.3 is 0 Å². The highest BCUT2D eigenvalue weighted by atomic mass is 35.5. The van der Waals surface area contributed by atoms with Crippen LogP contribution in [0, 0.1) is 6.92 Å². The van der Waals surface area contributed by atoms with Crippen LogP contribution in [0.4, 0.5) is 11.4 Å². The molecule has 2 amide bonds. The molecule has 0 bridgehead atoms. The van der Waals surface area contributed by atoms with Gasteiger partial charge in [0, 0.05) is 43.4 Å². The van der Waals surface area contributed by atoms with Gasteiger partial charge in [0.25, 0.3) is 0 Å². The number of carbonyl (C=O) groups excluding carboxylic acids is 2. The third kappa shape index (κ3) is 6.86. The molecule has 0 heterocycles. The monoisotopic (exact) mass is 518 g/mol. The number of anilines is 2. The van der Waals surface area contributed by atoms with E-state index >= 15 is 0 Å². The predicted molar refractivity (Wildman–Crippen MR) is 139 cm³/mol. The average Bonchev–Trinajstić information content (AvgIpc) is 2.75. The molecule has 0 spiro atoms. The van der Waals surface area contributed by atoms with Crippen molar-refractivity contribution in [3.8, 4) is 0 Å². The highest BCUT2D eigenvalue weighted by Crippen LogP contribution is 2.27. The van der Waals surface area contributed by atoms with E-state index in [0.717, 1.165) is 5.56 Å². The number of aryl methyl sites for hydroxylation is 1. The zero-order valence-electron chi connectivity index (χ0n) is 17.3. The molecule has 0 saturated heterocycles. The topological polar surface area (TPSA) is 58.2 Å². The summed E-state index contributed by atoms with van der Waals surface area (Å²) in [5.41, 5.74) is 2.85. The van der Waals surface area contributed by atoms with E-state index in [9.17, 15) is 9.59 Å². The fraction of sp³-hybridized carbons (Fsp3) is 0.0400. The maximum atomic E-state index is 12.5. The van der Waals surface area contributed by atoms with E-state index in [1.165, 1.54) is 24.3 Å². The number of hydrogen-bond acceptors (Lipinski definition) is 2. The number of benzene rings is 3. The smallest absolute Gasteiger partial charge is 0.248 e. The average molecular weight is 520 g/mol. The minimum Gasteiger partial charge on any atom is -0.321 e. The third-order valence-corrected chi connectivity index (χ3v) is 5.81. The fourth-order valence-electron chi connectivity index (χ4n) is 2.88. The van der Waals surface area contributed by atoms with E-state index in [2.05, 4.69) is 10.6 Å². The SMILES string of the molecule is Cc1ccc(NC(=O)/C=C/c2c(Cl)cccc2Cl)c(NC(=O)/C=C/c2c(Cl)cccc2Cl)c1. The molecule has 0 atom stereocenters. The van der Waals surface area contributed by atoms with Crippen molar-refractivity contribution in [2.45, 2.75) is 6.92 Å². The van der Waals surface area contributed by atoms with Crippen LogP contribution in [-0.4, -0.2) is 11.8 Å². The molecule has 168 valence electrons. The van der Waals surface area contributed by atoms with E-state index in [1.807, 2.05) is 13.0 Å². The summed E-state index contributed by atoms with van der Waals surface area (Å²) in [6.45, 7) is 1.87. The summed E-state index contributed by atoms with van der Waals surface area (Å²) in [5.74, 6) is -0.825. The maximum Gasteiger partial charge on any atom is 0.248 e.